The Labute approximate surface area is 106 Å². The van der Waals surface area contributed by atoms with Crippen molar-refractivity contribution in [1.29, 1.82) is 0 Å². The van der Waals surface area contributed by atoms with Crippen molar-refractivity contribution < 1.29 is 13.9 Å². The smallest absolute Gasteiger partial charge is 0.338 e. The first-order valence-electron chi connectivity index (χ1n) is 5.98. The molecule has 1 aromatic heterocycles. The van der Waals surface area contributed by atoms with Gasteiger partial charge in [0.15, 0.2) is 0 Å². The third kappa shape index (κ3) is 3.00. The molecule has 0 aliphatic rings. The summed E-state index contributed by atoms with van der Waals surface area (Å²) in [5.74, 6) is 0.850. The summed E-state index contributed by atoms with van der Waals surface area (Å²) in [4.78, 5) is 11.7. The van der Waals surface area contributed by atoms with E-state index < -0.39 is 0 Å². The monoisotopic (exact) mass is 244 g/mol. The number of carbonyl (C=O) groups excluding carboxylic acids is 1. The van der Waals surface area contributed by atoms with Gasteiger partial charge in [0, 0.05) is 5.56 Å². The number of ether oxygens (including phenoxy) is 1. The van der Waals surface area contributed by atoms with E-state index >= 15 is 0 Å². The summed E-state index contributed by atoms with van der Waals surface area (Å²) < 4.78 is 10.4. The lowest BCUT2D eigenvalue weighted by molar-refractivity contribution is 0.0459. The predicted molar refractivity (Wildman–Crippen MR) is 69.3 cm³/mol. The van der Waals surface area contributed by atoms with Crippen LogP contribution in [0, 0.1) is 5.92 Å². The molecule has 0 atom stereocenters. The quantitative estimate of drug-likeness (QED) is 0.769. The number of rotatable bonds is 4. The van der Waals surface area contributed by atoms with Crippen molar-refractivity contribution in [2.24, 2.45) is 5.92 Å². The lowest BCUT2D eigenvalue weighted by Crippen LogP contribution is -2.09. The van der Waals surface area contributed by atoms with Gasteiger partial charge >= 0.3 is 5.97 Å². The van der Waals surface area contributed by atoms with Crippen molar-refractivity contribution in [2.75, 3.05) is 6.61 Å². The Balaban J connectivity index is 2.06. The average molecular weight is 244 g/mol. The third-order valence-electron chi connectivity index (χ3n) is 2.47. The fraction of sp³-hybridized carbons (Fsp3) is 0.267. The molecule has 0 radical (unpaired) electrons. The minimum atomic E-state index is -0.283. The number of hydrogen-bond acceptors (Lipinski definition) is 3. The van der Waals surface area contributed by atoms with Gasteiger partial charge in [0.25, 0.3) is 0 Å². The second-order valence-corrected chi connectivity index (χ2v) is 4.55. The summed E-state index contributed by atoms with van der Waals surface area (Å²) in [6, 6.07) is 10.9. The molecule has 18 heavy (non-hydrogen) atoms. The summed E-state index contributed by atoms with van der Waals surface area (Å²) in [7, 11) is 0. The van der Waals surface area contributed by atoms with Crippen molar-refractivity contribution in [1.82, 2.24) is 0 Å². The van der Waals surface area contributed by atoms with Gasteiger partial charge in [-0.25, -0.2) is 4.79 Å². The van der Waals surface area contributed by atoms with Crippen LogP contribution in [0.4, 0.5) is 0 Å². The van der Waals surface area contributed by atoms with Crippen LogP contribution in [0.3, 0.4) is 0 Å². The van der Waals surface area contributed by atoms with E-state index in [0.29, 0.717) is 18.1 Å². The number of benzene rings is 1. The number of esters is 1. The minimum Gasteiger partial charge on any atom is -0.464 e. The highest BCUT2D eigenvalue weighted by atomic mass is 16.5. The minimum absolute atomic E-state index is 0.283. The van der Waals surface area contributed by atoms with Gasteiger partial charge in [-0.3, -0.25) is 0 Å². The van der Waals surface area contributed by atoms with Crippen LogP contribution in [0.15, 0.2) is 47.1 Å². The van der Waals surface area contributed by atoms with Crippen molar-refractivity contribution in [3.63, 3.8) is 0 Å². The molecule has 1 aromatic carbocycles. The number of furan rings is 1. The molecule has 0 aliphatic carbocycles. The first-order valence-corrected chi connectivity index (χ1v) is 5.98. The molecule has 0 unspecified atom stereocenters. The van der Waals surface area contributed by atoms with Crippen LogP contribution < -0.4 is 0 Å². The Hall–Kier alpha value is -2.03. The standard InChI is InChI=1S/C15H16O3/c1-11(2)10-18-15(16)13-7-5-12(6-8-13)14-4-3-9-17-14/h3-9,11H,10H2,1-2H3. The van der Waals surface area contributed by atoms with Crippen LogP contribution in [-0.4, -0.2) is 12.6 Å². The van der Waals surface area contributed by atoms with Crippen LogP contribution in [0.25, 0.3) is 11.3 Å². The van der Waals surface area contributed by atoms with Crippen molar-refractivity contribution in [2.45, 2.75) is 13.8 Å². The number of carbonyl (C=O) groups is 1. The van der Waals surface area contributed by atoms with E-state index in [1.165, 1.54) is 0 Å². The molecule has 3 heteroatoms. The van der Waals surface area contributed by atoms with E-state index in [-0.39, 0.29) is 5.97 Å². The maximum Gasteiger partial charge on any atom is 0.338 e. The molecule has 0 spiro atoms. The fourth-order valence-electron chi connectivity index (χ4n) is 1.54. The normalized spacial score (nSPS) is 10.6. The zero-order chi connectivity index (χ0) is 13.0. The van der Waals surface area contributed by atoms with Gasteiger partial charge in [-0.2, -0.15) is 0 Å². The van der Waals surface area contributed by atoms with Crippen molar-refractivity contribution in [3.05, 3.63) is 48.2 Å². The highest BCUT2D eigenvalue weighted by molar-refractivity contribution is 5.89. The highest BCUT2D eigenvalue weighted by Gasteiger charge is 2.08. The van der Waals surface area contributed by atoms with E-state index in [1.54, 1.807) is 18.4 Å². The number of hydrogen-bond donors (Lipinski definition) is 0. The second-order valence-electron chi connectivity index (χ2n) is 4.55. The van der Waals surface area contributed by atoms with Crippen LogP contribution in [0.2, 0.25) is 0 Å². The molecule has 3 nitrogen and oxygen atoms in total. The van der Waals surface area contributed by atoms with Crippen LogP contribution in [0.1, 0.15) is 24.2 Å². The van der Waals surface area contributed by atoms with Crippen molar-refractivity contribution in [3.8, 4) is 11.3 Å². The highest BCUT2D eigenvalue weighted by Crippen LogP contribution is 2.20. The van der Waals surface area contributed by atoms with Gasteiger partial charge in [0.1, 0.15) is 5.76 Å². The predicted octanol–water partition coefficient (Wildman–Crippen LogP) is 3.76. The van der Waals surface area contributed by atoms with Gasteiger partial charge in [-0.05, 0) is 30.2 Å². The Morgan fingerprint density at radius 2 is 1.94 bits per heavy atom. The van der Waals surface area contributed by atoms with Crippen LogP contribution in [-0.2, 0) is 4.74 Å². The molecule has 0 bridgehead atoms. The largest absolute Gasteiger partial charge is 0.464 e. The van der Waals surface area contributed by atoms with Gasteiger partial charge in [0.05, 0.1) is 18.4 Å². The lowest BCUT2D eigenvalue weighted by atomic mass is 10.1. The Bertz CT molecular complexity index is 495. The molecule has 0 saturated carbocycles. The van der Waals surface area contributed by atoms with E-state index in [2.05, 4.69) is 0 Å². The zero-order valence-electron chi connectivity index (χ0n) is 10.6. The molecule has 0 saturated heterocycles. The summed E-state index contributed by atoms with van der Waals surface area (Å²) in [6.07, 6.45) is 1.63. The van der Waals surface area contributed by atoms with Crippen molar-refractivity contribution >= 4 is 5.97 Å². The van der Waals surface area contributed by atoms with Gasteiger partial charge in [0.2, 0.25) is 0 Å². The molecule has 2 aromatic rings. The Morgan fingerprint density at radius 1 is 1.22 bits per heavy atom. The molecule has 1 heterocycles. The molecular weight excluding hydrogens is 228 g/mol. The topological polar surface area (TPSA) is 39.4 Å². The van der Waals surface area contributed by atoms with E-state index in [0.717, 1.165) is 11.3 Å². The SMILES string of the molecule is CC(C)COC(=O)c1ccc(-c2ccco2)cc1. The lowest BCUT2D eigenvalue weighted by Gasteiger charge is -2.07. The Kier molecular flexibility index (Phi) is 3.82. The van der Waals surface area contributed by atoms with Crippen LogP contribution in [0.5, 0.6) is 0 Å². The third-order valence-corrected chi connectivity index (χ3v) is 2.47. The summed E-state index contributed by atoms with van der Waals surface area (Å²) in [5, 5.41) is 0. The molecule has 94 valence electrons. The van der Waals surface area contributed by atoms with Gasteiger partial charge < -0.3 is 9.15 Å². The molecule has 0 aliphatic heterocycles. The molecule has 2 rings (SSSR count). The molecular formula is C15H16O3. The van der Waals surface area contributed by atoms with E-state index in [1.807, 2.05) is 38.1 Å². The Morgan fingerprint density at radius 3 is 2.50 bits per heavy atom. The maximum atomic E-state index is 11.7. The first-order chi connectivity index (χ1) is 8.66. The summed E-state index contributed by atoms with van der Waals surface area (Å²) in [5.41, 5.74) is 1.51. The fourth-order valence-corrected chi connectivity index (χ4v) is 1.54. The maximum absolute atomic E-state index is 11.7. The van der Waals surface area contributed by atoms with E-state index in [4.69, 9.17) is 9.15 Å². The second kappa shape index (κ2) is 5.54. The first kappa shape index (κ1) is 12.4. The van der Waals surface area contributed by atoms with Gasteiger partial charge in [-0.1, -0.05) is 26.0 Å². The average Bonchev–Trinajstić information content (AvgIpc) is 2.90. The summed E-state index contributed by atoms with van der Waals surface area (Å²) >= 11 is 0. The van der Waals surface area contributed by atoms with Gasteiger partial charge in [-0.15, -0.1) is 0 Å². The molecule has 0 N–H and O–H groups in total. The zero-order valence-corrected chi connectivity index (χ0v) is 10.6. The summed E-state index contributed by atoms with van der Waals surface area (Å²) in [6.45, 7) is 4.46. The molecule has 0 amide bonds. The molecule has 0 fully saturated rings. The van der Waals surface area contributed by atoms with E-state index in [9.17, 15) is 4.79 Å². The van der Waals surface area contributed by atoms with Crippen LogP contribution >= 0.6 is 0 Å².